The lowest BCUT2D eigenvalue weighted by molar-refractivity contribution is 0.0247. The lowest BCUT2D eigenvalue weighted by Gasteiger charge is -2.12. The molecule has 0 saturated heterocycles. The molecule has 0 fully saturated rings. The van der Waals surface area contributed by atoms with E-state index < -0.39 is 12.2 Å². The number of aliphatic hydroxyl groups is 2. The first-order valence-electron chi connectivity index (χ1n) is 7.04. The fourth-order valence-corrected chi connectivity index (χ4v) is 1.91. The van der Waals surface area contributed by atoms with Gasteiger partial charge in [0.2, 0.25) is 0 Å². The highest BCUT2D eigenvalue weighted by Crippen LogP contribution is 2.12. The van der Waals surface area contributed by atoms with Gasteiger partial charge in [0, 0.05) is 0 Å². The third-order valence-corrected chi connectivity index (χ3v) is 3.16. The van der Waals surface area contributed by atoms with Crippen LogP contribution in [0.2, 0.25) is 0 Å². The van der Waals surface area contributed by atoms with Crippen LogP contribution in [0.3, 0.4) is 0 Å². The van der Waals surface area contributed by atoms with Gasteiger partial charge in [0.25, 0.3) is 0 Å². The number of hydrogen-bond donors (Lipinski definition) is 2. The summed E-state index contributed by atoms with van der Waals surface area (Å²) in [7, 11) is 0. The molecule has 0 rings (SSSR count). The fraction of sp³-hybridized carbons (Fsp3) is 1.00. The van der Waals surface area contributed by atoms with Crippen molar-refractivity contribution in [1.82, 2.24) is 0 Å². The molecule has 16 heavy (non-hydrogen) atoms. The summed E-state index contributed by atoms with van der Waals surface area (Å²) in [6.45, 7) is 3.89. The number of unbranched alkanes of at least 4 members (excludes halogenated alkanes) is 8. The molecule has 2 nitrogen and oxygen atoms in total. The van der Waals surface area contributed by atoms with Crippen molar-refractivity contribution in [2.24, 2.45) is 0 Å². The van der Waals surface area contributed by atoms with Gasteiger partial charge < -0.3 is 10.2 Å². The Morgan fingerprint density at radius 2 is 1.19 bits per heavy atom. The molecule has 0 aromatic rings. The molecule has 2 N–H and O–H groups in total. The summed E-state index contributed by atoms with van der Waals surface area (Å²) in [4.78, 5) is 0. The van der Waals surface area contributed by atoms with Gasteiger partial charge in [-0.15, -0.1) is 0 Å². The molecule has 0 amide bonds. The van der Waals surface area contributed by atoms with Gasteiger partial charge >= 0.3 is 0 Å². The zero-order chi connectivity index (χ0) is 12.2. The molecule has 0 bridgehead atoms. The van der Waals surface area contributed by atoms with Crippen molar-refractivity contribution in [3.05, 3.63) is 0 Å². The maximum Gasteiger partial charge on any atom is 0.0796 e. The van der Waals surface area contributed by atoms with Crippen molar-refractivity contribution >= 4 is 0 Å². The highest BCUT2D eigenvalue weighted by molar-refractivity contribution is 4.61. The molecule has 0 aliphatic rings. The van der Waals surface area contributed by atoms with Crippen molar-refractivity contribution in [3.8, 4) is 0 Å². The Hall–Kier alpha value is -0.0800. The highest BCUT2D eigenvalue weighted by Gasteiger charge is 2.09. The van der Waals surface area contributed by atoms with E-state index in [4.69, 9.17) is 5.11 Å². The van der Waals surface area contributed by atoms with Crippen LogP contribution in [0.15, 0.2) is 0 Å². The summed E-state index contributed by atoms with van der Waals surface area (Å²) >= 11 is 0. The Labute approximate surface area is 101 Å². The maximum absolute atomic E-state index is 9.38. The Kier molecular flexibility index (Phi) is 11.3. The van der Waals surface area contributed by atoms with E-state index >= 15 is 0 Å². The Morgan fingerprint density at radius 1 is 0.750 bits per heavy atom. The topological polar surface area (TPSA) is 40.5 Å². The Morgan fingerprint density at radius 3 is 1.62 bits per heavy atom. The van der Waals surface area contributed by atoms with Crippen LogP contribution in [-0.2, 0) is 0 Å². The van der Waals surface area contributed by atoms with Crippen molar-refractivity contribution in [1.29, 1.82) is 0 Å². The van der Waals surface area contributed by atoms with Crippen LogP contribution in [0.4, 0.5) is 0 Å². The average molecular weight is 230 g/mol. The van der Waals surface area contributed by atoms with Crippen molar-refractivity contribution in [2.75, 3.05) is 0 Å². The lowest BCUT2D eigenvalue weighted by atomic mass is 10.0. The summed E-state index contributed by atoms with van der Waals surface area (Å²) in [6, 6.07) is 0. The predicted octanol–water partition coefficient (Wildman–Crippen LogP) is 3.65. The maximum atomic E-state index is 9.38. The second-order valence-electron chi connectivity index (χ2n) is 4.93. The fourth-order valence-electron chi connectivity index (χ4n) is 1.91. The van der Waals surface area contributed by atoms with Crippen LogP contribution in [0.25, 0.3) is 0 Å². The first kappa shape index (κ1) is 15.9. The number of hydrogen-bond acceptors (Lipinski definition) is 2. The quantitative estimate of drug-likeness (QED) is 0.532. The van der Waals surface area contributed by atoms with Gasteiger partial charge in [-0.05, 0) is 13.3 Å². The van der Waals surface area contributed by atoms with E-state index in [1.165, 1.54) is 51.4 Å². The molecule has 0 radical (unpaired) electrons. The molecular weight excluding hydrogens is 200 g/mol. The van der Waals surface area contributed by atoms with Crippen molar-refractivity contribution in [3.63, 3.8) is 0 Å². The van der Waals surface area contributed by atoms with Gasteiger partial charge in [-0.2, -0.15) is 0 Å². The SMILES string of the molecule is CCCCCCCCCCC[C@H](O)[C@@H](C)O. The summed E-state index contributed by atoms with van der Waals surface area (Å²) in [5.41, 5.74) is 0. The van der Waals surface area contributed by atoms with Gasteiger partial charge in [-0.25, -0.2) is 0 Å². The molecule has 0 saturated carbocycles. The van der Waals surface area contributed by atoms with Crippen molar-refractivity contribution in [2.45, 2.75) is 90.3 Å². The highest BCUT2D eigenvalue weighted by atomic mass is 16.3. The normalized spacial score (nSPS) is 15.0. The first-order valence-corrected chi connectivity index (χ1v) is 7.04. The van der Waals surface area contributed by atoms with Crippen LogP contribution in [-0.4, -0.2) is 22.4 Å². The van der Waals surface area contributed by atoms with Crippen molar-refractivity contribution < 1.29 is 10.2 Å². The molecular formula is C14H30O2. The monoisotopic (exact) mass is 230 g/mol. The van der Waals surface area contributed by atoms with E-state index in [9.17, 15) is 5.11 Å². The number of rotatable bonds is 11. The third-order valence-electron chi connectivity index (χ3n) is 3.16. The minimum absolute atomic E-state index is 0.524. The molecule has 0 aromatic carbocycles. The van der Waals surface area contributed by atoms with Gasteiger partial charge in [0.15, 0.2) is 0 Å². The summed E-state index contributed by atoms with van der Waals surface area (Å²) < 4.78 is 0. The van der Waals surface area contributed by atoms with E-state index in [1.807, 2.05) is 0 Å². The van der Waals surface area contributed by atoms with Gasteiger partial charge in [0.05, 0.1) is 12.2 Å². The second kappa shape index (κ2) is 11.4. The molecule has 0 spiro atoms. The van der Waals surface area contributed by atoms with E-state index in [0.29, 0.717) is 0 Å². The first-order chi connectivity index (χ1) is 7.68. The molecule has 0 unspecified atom stereocenters. The van der Waals surface area contributed by atoms with Gasteiger partial charge in [-0.1, -0.05) is 64.7 Å². The molecule has 0 aliphatic heterocycles. The molecule has 0 aliphatic carbocycles. The minimum Gasteiger partial charge on any atom is -0.391 e. The number of aliphatic hydroxyl groups excluding tert-OH is 2. The molecule has 0 heterocycles. The largest absolute Gasteiger partial charge is 0.391 e. The smallest absolute Gasteiger partial charge is 0.0796 e. The zero-order valence-corrected chi connectivity index (χ0v) is 11.1. The van der Waals surface area contributed by atoms with E-state index in [1.54, 1.807) is 6.92 Å². The van der Waals surface area contributed by atoms with Crippen LogP contribution >= 0.6 is 0 Å². The van der Waals surface area contributed by atoms with Crippen LogP contribution in [0.1, 0.15) is 78.1 Å². The van der Waals surface area contributed by atoms with Gasteiger partial charge in [-0.3, -0.25) is 0 Å². The molecule has 2 heteroatoms. The Balaban J connectivity index is 3.04. The molecule has 0 aromatic heterocycles. The van der Waals surface area contributed by atoms with E-state index in [-0.39, 0.29) is 0 Å². The predicted molar refractivity (Wildman–Crippen MR) is 69.5 cm³/mol. The van der Waals surface area contributed by atoms with Crippen LogP contribution < -0.4 is 0 Å². The standard InChI is InChI=1S/C14H30O2/c1-3-4-5-6-7-8-9-10-11-12-14(16)13(2)15/h13-16H,3-12H2,1-2H3/t13-,14+/m1/s1. The van der Waals surface area contributed by atoms with E-state index in [0.717, 1.165) is 12.8 Å². The zero-order valence-electron chi connectivity index (χ0n) is 11.1. The third kappa shape index (κ3) is 10.4. The summed E-state index contributed by atoms with van der Waals surface area (Å²) in [5.74, 6) is 0. The lowest BCUT2D eigenvalue weighted by Crippen LogP contribution is -2.21. The molecule has 98 valence electrons. The van der Waals surface area contributed by atoms with Crippen LogP contribution in [0.5, 0.6) is 0 Å². The van der Waals surface area contributed by atoms with Crippen LogP contribution in [0, 0.1) is 0 Å². The van der Waals surface area contributed by atoms with E-state index in [2.05, 4.69) is 6.92 Å². The summed E-state index contributed by atoms with van der Waals surface area (Å²) in [5, 5.41) is 18.5. The minimum atomic E-state index is -0.575. The Bertz CT molecular complexity index is 135. The second-order valence-corrected chi connectivity index (χ2v) is 4.93. The molecule has 2 atom stereocenters. The summed E-state index contributed by atoms with van der Waals surface area (Å²) in [6.07, 6.45) is 11.3. The van der Waals surface area contributed by atoms with Gasteiger partial charge in [0.1, 0.15) is 0 Å². The average Bonchev–Trinajstić information content (AvgIpc) is 2.26.